The fourth-order valence-corrected chi connectivity index (χ4v) is 4.75. The summed E-state index contributed by atoms with van der Waals surface area (Å²) in [6.07, 6.45) is 4.08. The number of aromatic nitrogens is 1. The second kappa shape index (κ2) is 8.79. The van der Waals surface area contributed by atoms with E-state index in [4.69, 9.17) is 0 Å². The number of fused-ring (bicyclic) bond motifs is 3. The maximum absolute atomic E-state index is 14.1. The van der Waals surface area contributed by atoms with Gasteiger partial charge in [0.25, 0.3) is 0 Å². The van der Waals surface area contributed by atoms with Crippen LogP contribution in [0.2, 0.25) is 0 Å². The number of benzene rings is 3. The van der Waals surface area contributed by atoms with Crippen molar-refractivity contribution in [3.05, 3.63) is 113 Å². The molecule has 0 bridgehead atoms. The zero-order valence-corrected chi connectivity index (χ0v) is 19.3. The SMILES string of the molecule is CSc1ccc(C2c3cccn3-c3ccccc3CN2C(=O)Nc2ccc(C)c(F)c2)cc1. The lowest BCUT2D eigenvalue weighted by atomic mass is 10.0. The monoisotopic (exact) mass is 457 g/mol. The molecule has 2 amide bonds. The second-order valence-corrected chi connectivity index (χ2v) is 9.01. The van der Waals surface area contributed by atoms with E-state index >= 15 is 0 Å². The van der Waals surface area contributed by atoms with E-state index in [9.17, 15) is 9.18 Å². The summed E-state index contributed by atoms with van der Waals surface area (Å²) in [5.74, 6) is -0.341. The number of para-hydroxylation sites is 1. The van der Waals surface area contributed by atoms with Crippen LogP contribution in [0.25, 0.3) is 5.69 Å². The highest BCUT2D eigenvalue weighted by molar-refractivity contribution is 7.98. The first-order valence-corrected chi connectivity index (χ1v) is 12.0. The van der Waals surface area contributed by atoms with E-state index in [1.807, 2.05) is 41.6 Å². The largest absolute Gasteiger partial charge is 0.322 e. The molecule has 166 valence electrons. The van der Waals surface area contributed by atoms with Gasteiger partial charge in [-0.05, 0) is 72.3 Å². The number of carbonyl (C=O) groups is 1. The summed E-state index contributed by atoms with van der Waals surface area (Å²) >= 11 is 1.68. The van der Waals surface area contributed by atoms with E-state index in [2.05, 4.69) is 46.3 Å². The second-order valence-electron chi connectivity index (χ2n) is 8.13. The average molecular weight is 458 g/mol. The van der Waals surface area contributed by atoms with Crippen LogP contribution in [0.4, 0.5) is 14.9 Å². The highest BCUT2D eigenvalue weighted by Crippen LogP contribution is 2.37. The zero-order valence-electron chi connectivity index (χ0n) is 18.5. The van der Waals surface area contributed by atoms with E-state index in [0.717, 1.165) is 27.4 Å². The third-order valence-corrected chi connectivity index (χ3v) is 6.82. The summed E-state index contributed by atoms with van der Waals surface area (Å²) < 4.78 is 16.3. The molecule has 0 radical (unpaired) electrons. The van der Waals surface area contributed by atoms with Crippen molar-refractivity contribution in [3.8, 4) is 5.69 Å². The first-order chi connectivity index (χ1) is 16.0. The van der Waals surface area contributed by atoms with Crippen molar-refractivity contribution in [1.82, 2.24) is 9.47 Å². The molecule has 1 N–H and O–H groups in total. The lowest BCUT2D eigenvalue weighted by molar-refractivity contribution is 0.194. The van der Waals surface area contributed by atoms with Gasteiger partial charge in [-0.3, -0.25) is 0 Å². The van der Waals surface area contributed by atoms with Gasteiger partial charge in [-0.25, -0.2) is 9.18 Å². The molecule has 4 nitrogen and oxygen atoms in total. The Labute approximate surface area is 197 Å². The summed E-state index contributed by atoms with van der Waals surface area (Å²) in [5, 5.41) is 2.92. The van der Waals surface area contributed by atoms with Crippen LogP contribution in [-0.2, 0) is 6.54 Å². The van der Waals surface area contributed by atoms with Gasteiger partial charge < -0.3 is 14.8 Å². The summed E-state index contributed by atoms with van der Waals surface area (Å²) in [6, 6.07) is 24.7. The summed E-state index contributed by atoms with van der Waals surface area (Å²) in [5.41, 5.74) is 5.10. The number of rotatable bonds is 3. The van der Waals surface area contributed by atoms with Gasteiger partial charge in [0.1, 0.15) is 5.82 Å². The van der Waals surface area contributed by atoms with Crippen molar-refractivity contribution < 1.29 is 9.18 Å². The normalized spacial score (nSPS) is 14.9. The molecule has 0 aliphatic carbocycles. The van der Waals surface area contributed by atoms with Crippen LogP contribution < -0.4 is 5.32 Å². The van der Waals surface area contributed by atoms with Crippen molar-refractivity contribution in [3.63, 3.8) is 0 Å². The molecule has 0 fully saturated rings. The maximum Gasteiger partial charge on any atom is 0.322 e. The number of halogens is 1. The van der Waals surface area contributed by atoms with Gasteiger partial charge in [0.15, 0.2) is 0 Å². The Balaban J connectivity index is 1.61. The minimum atomic E-state index is -0.341. The number of nitrogens with zero attached hydrogens (tertiary/aromatic N) is 2. The van der Waals surface area contributed by atoms with Gasteiger partial charge in [-0.2, -0.15) is 0 Å². The van der Waals surface area contributed by atoms with Gasteiger partial charge in [-0.15, -0.1) is 11.8 Å². The number of hydrogen-bond acceptors (Lipinski definition) is 2. The van der Waals surface area contributed by atoms with E-state index < -0.39 is 0 Å². The third kappa shape index (κ3) is 4.02. The number of amides is 2. The van der Waals surface area contributed by atoms with Gasteiger partial charge >= 0.3 is 6.03 Å². The number of aryl methyl sites for hydroxylation is 1. The van der Waals surface area contributed by atoms with Crippen LogP contribution in [0, 0.1) is 12.7 Å². The van der Waals surface area contributed by atoms with Gasteiger partial charge in [-0.1, -0.05) is 36.4 Å². The molecule has 0 saturated carbocycles. The molecule has 6 heteroatoms. The van der Waals surface area contributed by atoms with Gasteiger partial charge in [0.2, 0.25) is 0 Å². The Bertz CT molecular complexity index is 1320. The standard InChI is InChI=1S/C27H24FN3OS/c1-18-9-12-21(16-23(18)28)29-27(32)31-17-20-6-3-4-7-24(20)30-15-5-8-25(30)26(31)19-10-13-22(33-2)14-11-19/h3-16,26H,17H2,1-2H3,(H,29,32). The van der Waals surface area contributed by atoms with E-state index in [1.54, 1.807) is 30.8 Å². The predicted molar refractivity (Wildman–Crippen MR) is 132 cm³/mol. The Hall–Kier alpha value is -3.51. The molecule has 2 heterocycles. The molecular weight excluding hydrogens is 433 g/mol. The first-order valence-electron chi connectivity index (χ1n) is 10.8. The predicted octanol–water partition coefficient (Wildman–Crippen LogP) is 6.78. The van der Waals surface area contributed by atoms with Crippen LogP contribution in [0.15, 0.2) is 90.0 Å². The molecule has 5 rings (SSSR count). The summed E-state index contributed by atoms with van der Waals surface area (Å²) in [4.78, 5) is 16.6. The smallest absolute Gasteiger partial charge is 0.318 e. The number of nitrogens with one attached hydrogen (secondary N) is 1. The molecule has 3 aromatic carbocycles. The molecule has 1 aromatic heterocycles. The zero-order chi connectivity index (χ0) is 22.9. The molecule has 1 aliphatic heterocycles. The average Bonchev–Trinajstić information content (AvgIpc) is 3.26. The van der Waals surface area contributed by atoms with Crippen LogP contribution in [0.3, 0.4) is 0 Å². The van der Waals surface area contributed by atoms with E-state index in [1.165, 1.54) is 6.07 Å². The molecular formula is C27H24FN3OS. The highest BCUT2D eigenvalue weighted by atomic mass is 32.2. The molecule has 0 saturated heterocycles. The number of thioether (sulfide) groups is 1. The molecule has 1 atom stereocenters. The summed E-state index contributed by atoms with van der Waals surface area (Å²) in [7, 11) is 0. The lowest BCUT2D eigenvalue weighted by Gasteiger charge is -2.31. The van der Waals surface area contributed by atoms with Crippen molar-refractivity contribution >= 4 is 23.5 Å². The highest BCUT2D eigenvalue weighted by Gasteiger charge is 2.33. The Kier molecular flexibility index (Phi) is 5.68. The first kappa shape index (κ1) is 21.3. The third-order valence-electron chi connectivity index (χ3n) is 6.08. The molecule has 1 aliphatic rings. The maximum atomic E-state index is 14.1. The van der Waals surface area contributed by atoms with E-state index in [0.29, 0.717) is 17.8 Å². The lowest BCUT2D eigenvalue weighted by Crippen LogP contribution is -2.37. The van der Waals surface area contributed by atoms with Crippen molar-refractivity contribution in [2.45, 2.75) is 24.4 Å². The minimum absolute atomic E-state index is 0.276. The van der Waals surface area contributed by atoms with Crippen LogP contribution in [0.1, 0.15) is 28.4 Å². The topological polar surface area (TPSA) is 37.3 Å². The molecule has 1 unspecified atom stereocenters. The number of hydrogen-bond donors (Lipinski definition) is 1. The quantitative estimate of drug-likeness (QED) is 0.344. The van der Waals surface area contributed by atoms with Crippen LogP contribution in [-0.4, -0.2) is 21.8 Å². The van der Waals surface area contributed by atoms with Crippen molar-refractivity contribution in [2.24, 2.45) is 0 Å². The van der Waals surface area contributed by atoms with Crippen molar-refractivity contribution in [1.29, 1.82) is 0 Å². The fraction of sp³-hybridized carbons (Fsp3) is 0.148. The molecule has 0 spiro atoms. The van der Waals surface area contributed by atoms with Gasteiger partial charge in [0, 0.05) is 22.5 Å². The number of carbonyl (C=O) groups excluding carboxylic acids is 1. The minimum Gasteiger partial charge on any atom is -0.318 e. The Morgan fingerprint density at radius 1 is 1.03 bits per heavy atom. The molecule has 33 heavy (non-hydrogen) atoms. The number of anilines is 1. The van der Waals surface area contributed by atoms with E-state index in [-0.39, 0.29) is 17.9 Å². The number of urea groups is 1. The van der Waals surface area contributed by atoms with Crippen molar-refractivity contribution in [2.75, 3.05) is 11.6 Å². The Morgan fingerprint density at radius 2 is 1.82 bits per heavy atom. The van der Waals surface area contributed by atoms with Crippen LogP contribution >= 0.6 is 11.8 Å². The van der Waals surface area contributed by atoms with Crippen LogP contribution in [0.5, 0.6) is 0 Å². The molecule has 4 aromatic rings. The summed E-state index contributed by atoms with van der Waals surface area (Å²) in [6.45, 7) is 2.13. The Morgan fingerprint density at radius 3 is 2.58 bits per heavy atom. The van der Waals surface area contributed by atoms with Gasteiger partial charge in [0.05, 0.1) is 18.3 Å². The fourth-order valence-electron chi connectivity index (χ4n) is 4.34.